The predicted molar refractivity (Wildman–Crippen MR) is 75.0 cm³/mol. The molecule has 7 nitrogen and oxygen atoms in total. The van der Waals surface area contributed by atoms with E-state index in [2.05, 4.69) is 0 Å². The van der Waals surface area contributed by atoms with Crippen LogP contribution >= 0.6 is 11.8 Å². The summed E-state index contributed by atoms with van der Waals surface area (Å²) in [5.74, 6) is -1.91. The van der Waals surface area contributed by atoms with E-state index in [1.807, 2.05) is 0 Å². The Morgan fingerprint density at radius 2 is 2.14 bits per heavy atom. The highest BCUT2D eigenvalue weighted by molar-refractivity contribution is 8.18. The van der Waals surface area contributed by atoms with Crippen molar-refractivity contribution in [1.82, 2.24) is 4.90 Å². The average Bonchev–Trinajstić information content (AvgIpc) is 2.68. The van der Waals surface area contributed by atoms with E-state index in [9.17, 15) is 19.5 Å². The normalized spacial score (nSPS) is 16.6. The maximum absolute atomic E-state index is 12.0. The first-order valence-corrected chi connectivity index (χ1v) is 6.59. The SMILES string of the molecule is COc1cccc(/C=C2\SC(=O)N(CC(=O)O)C2=O)c1O. The van der Waals surface area contributed by atoms with Crippen LogP contribution in [0, 0.1) is 0 Å². The topological polar surface area (TPSA) is 104 Å². The van der Waals surface area contributed by atoms with Crippen molar-refractivity contribution in [1.29, 1.82) is 0 Å². The Hall–Kier alpha value is -2.48. The van der Waals surface area contributed by atoms with Crippen LogP contribution in [0.4, 0.5) is 4.79 Å². The average molecular weight is 309 g/mol. The summed E-state index contributed by atoms with van der Waals surface area (Å²) in [7, 11) is 1.39. The molecule has 0 aliphatic carbocycles. The third-order valence-electron chi connectivity index (χ3n) is 2.70. The number of benzene rings is 1. The Kier molecular flexibility index (Phi) is 4.18. The highest BCUT2D eigenvalue weighted by atomic mass is 32.2. The largest absolute Gasteiger partial charge is 0.504 e. The molecule has 1 saturated heterocycles. The summed E-state index contributed by atoms with van der Waals surface area (Å²) in [4.78, 5) is 34.9. The fourth-order valence-corrected chi connectivity index (χ4v) is 2.56. The molecule has 1 fully saturated rings. The second-order valence-corrected chi connectivity index (χ2v) is 5.05. The monoisotopic (exact) mass is 309 g/mol. The molecule has 0 aromatic heterocycles. The van der Waals surface area contributed by atoms with Crippen molar-refractivity contribution in [2.75, 3.05) is 13.7 Å². The van der Waals surface area contributed by atoms with E-state index in [-0.39, 0.29) is 16.4 Å². The maximum Gasteiger partial charge on any atom is 0.323 e. The molecule has 2 N–H and O–H groups in total. The van der Waals surface area contributed by atoms with Gasteiger partial charge in [0.05, 0.1) is 12.0 Å². The summed E-state index contributed by atoms with van der Waals surface area (Å²) >= 11 is 0.624. The Morgan fingerprint density at radius 1 is 1.43 bits per heavy atom. The molecule has 0 radical (unpaired) electrons. The summed E-state index contributed by atoms with van der Waals surface area (Å²) < 4.78 is 4.95. The number of amides is 2. The number of carbonyl (C=O) groups is 3. The van der Waals surface area contributed by atoms with Gasteiger partial charge in [-0.05, 0) is 23.9 Å². The van der Waals surface area contributed by atoms with Gasteiger partial charge in [0.1, 0.15) is 6.54 Å². The molecule has 1 aromatic rings. The van der Waals surface area contributed by atoms with Crippen molar-refractivity contribution in [3.05, 3.63) is 28.7 Å². The minimum absolute atomic E-state index is 0.0461. The smallest absolute Gasteiger partial charge is 0.323 e. The van der Waals surface area contributed by atoms with E-state index in [0.29, 0.717) is 22.2 Å². The van der Waals surface area contributed by atoms with Gasteiger partial charge in [-0.25, -0.2) is 0 Å². The summed E-state index contributed by atoms with van der Waals surface area (Å²) in [5.41, 5.74) is 0.301. The van der Waals surface area contributed by atoms with Gasteiger partial charge in [-0.2, -0.15) is 0 Å². The summed E-state index contributed by atoms with van der Waals surface area (Å²) in [5, 5.41) is 17.9. The second-order valence-electron chi connectivity index (χ2n) is 4.06. The van der Waals surface area contributed by atoms with Gasteiger partial charge in [-0.3, -0.25) is 19.3 Å². The van der Waals surface area contributed by atoms with E-state index in [4.69, 9.17) is 9.84 Å². The predicted octanol–water partition coefficient (Wildman–Crippen LogP) is 1.52. The molecule has 110 valence electrons. The van der Waals surface area contributed by atoms with Crippen molar-refractivity contribution in [2.45, 2.75) is 0 Å². The number of para-hydroxylation sites is 1. The lowest BCUT2D eigenvalue weighted by molar-refractivity contribution is -0.140. The van der Waals surface area contributed by atoms with Crippen LogP contribution in [0.1, 0.15) is 5.56 Å². The number of aromatic hydroxyl groups is 1. The number of aliphatic carboxylic acids is 1. The Morgan fingerprint density at radius 3 is 2.76 bits per heavy atom. The first-order chi connectivity index (χ1) is 9.93. The molecular weight excluding hydrogens is 298 g/mol. The molecule has 0 saturated carbocycles. The minimum Gasteiger partial charge on any atom is -0.504 e. The number of nitrogens with zero attached hydrogens (tertiary/aromatic N) is 1. The van der Waals surface area contributed by atoms with Gasteiger partial charge >= 0.3 is 5.97 Å². The molecule has 8 heteroatoms. The Bertz CT molecular complexity index is 654. The van der Waals surface area contributed by atoms with Crippen molar-refractivity contribution < 1.29 is 29.3 Å². The molecule has 1 heterocycles. The lowest BCUT2D eigenvalue weighted by Crippen LogP contribution is -2.33. The van der Waals surface area contributed by atoms with Gasteiger partial charge in [0.15, 0.2) is 11.5 Å². The lowest BCUT2D eigenvalue weighted by Gasteiger charge is -2.08. The quantitative estimate of drug-likeness (QED) is 0.812. The number of thioether (sulfide) groups is 1. The van der Waals surface area contributed by atoms with E-state index in [1.54, 1.807) is 18.2 Å². The molecule has 1 aliphatic rings. The molecule has 1 aromatic carbocycles. The number of ether oxygens (including phenoxy) is 1. The first kappa shape index (κ1) is 14.9. The highest BCUT2D eigenvalue weighted by Crippen LogP contribution is 2.36. The van der Waals surface area contributed by atoms with Crippen LogP contribution in [0.2, 0.25) is 0 Å². The fraction of sp³-hybridized carbons (Fsp3) is 0.154. The van der Waals surface area contributed by atoms with Crippen LogP contribution in [-0.4, -0.2) is 45.9 Å². The van der Waals surface area contributed by atoms with Crippen LogP contribution in [0.25, 0.3) is 6.08 Å². The lowest BCUT2D eigenvalue weighted by atomic mass is 10.1. The standard InChI is InChI=1S/C13H11NO6S/c1-20-8-4-2-3-7(11(8)17)5-9-12(18)14(6-10(15)16)13(19)21-9/h2-5,17H,6H2,1H3,(H,15,16)/b9-5-. The summed E-state index contributed by atoms with van der Waals surface area (Å²) in [6.07, 6.45) is 1.32. The van der Waals surface area contributed by atoms with E-state index < -0.39 is 23.7 Å². The van der Waals surface area contributed by atoms with E-state index in [0.717, 1.165) is 0 Å². The fourth-order valence-electron chi connectivity index (χ4n) is 1.73. The van der Waals surface area contributed by atoms with Crippen LogP contribution in [0.5, 0.6) is 11.5 Å². The molecule has 0 atom stereocenters. The number of imide groups is 1. The number of methoxy groups -OCH3 is 1. The number of hydrogen-bond donors (Lipinski definition) is 2. The molecule has 2 rings (SSSR count). The third kappa shape index (κ3) is 3.00. The summed E-state index contributed by atoms with van der Waals surface area (Å²) in [6, 6.07) is 4.71. The van der Waals surface area contributed by atoms with Crippen molar-refractivity contribution >= 4 is 35.0 Å². The van der Waals surface area contributed by atoms with Gasteiger partial charge < -0.3 is 14.9 Å². The zero-order valence-corrected chi connectivity index (χ0v) is 11.7. The van der Waals surface area contributed by atoms with Crippen molar-refractivity contribution in [3.63, 3.8) is 0 Å². The zero-order chi connectivity index (χ0) is 15.6. The highest BCUT2D eigenvalue weighted by Gasteiger charge is 2.36. The van der Waals surface area contributed by atoms with E-state index in [1.165, 1.54) is 13.2 Å². The summed E-state index contributed by atoms with van der Waals surface area (Å²) in [6.45, 7) is -0.688. The van der Waals surface area contributed by atoms with Crippen LogP contribution in [-0.2, 0) is 9.59 Å². The zero-order valence-electron chi connectivity index (χ0n) is 10.9. The number of phenols is 1. The first-order valence-electron chi connectivity index (χ1n) is 5.77. The number of carboxylic acid groups (broad SMARTS) is 1. The van der Waals surface area contributed by atoms with Gasteiger partial charge in [-0.1, -0.05) is 12.1 Å². The number of rotatable bonds is 4. The van der Waals surface area contributed by atoms with Crippen molar-refractivity contribution in [2.24, 2.45) is 0 Å². The third-order valence-corrected chi connectivity index (χ3v) is 3.61. The van der Waals surface area contributed by atoms with Gasteiger partial charge in [0.2, 0.25) is 0 Å². The van der Waals surface area contributed by atoms with Crippen LogP contribution < -0.4 is 4.74 Å². The number of phenolic OH excluding ortho intramolecular Hbond substituents is 1. The molecule has 0 spiro atoms. The minimum atomic E-state index is -1.28. The molecule has 0 bridgehead atoms. The molecule has 0 unspecified atom stereocenters. The molecular formula is C13H11NO6S. The Labute approximate surface area is 123 Å². The van der Waals surface area contributed by atoms with Gasteiger partial charge in [0.25, 0.3) is 11.1 Å². The maximum atomic E-state index is 12.0. The van der Waals surface area contributed by atoms with Crippen LogP contribution in [0.3, 0.4) is 0 Å². The molecule has 21 heavy (non-hydrogen) atoms. The number of hydrogen-bond acceptors (Lipinski definition) is 6. The molecule has 1 aliphatic heterocycles. The number of carbonyl (C=O) groups excluding carboxylic acids is 2. The van der Waals surface area contributed by atoms with E-state index >= 15 is 0 Å². The van der Waals surface area contributed by atoms with Crippen LogP contribution in [0.15, 0.2) is 23.1 Å². The molecule has 2 amide bonds. The van der Waals surface area contributed by atoms with Crippen molar-refractivity contribution in [3.8, 4) is 11.5 Å². The Balaban J connectivity index is 2.33. The number of carboxylic acids is 1. The van der Waals surface area contributed by atoms with Gasteiger partial charge in [-0.15, -0.1) is 0 Å². The van der Waals surface area contributed by atoms with Gasteiger partial charge in [0, 0.05) is 5.56 Å². The second kappa shape index (κ2) is 5.88.